The Balaban J connectivity index is 0.000000527. The highest BCUT2D eigenvalue weighted by Gasteiger charge is 2.17. The van der Waals surface area contributed by atoms with Crippen LogP contribution in [0.1, 0.15) is 50.5 Å². The van der Waals surface area contributed by atoms with Crippen LogP contribution in [0.2, 0.25) is 5.02 Å². The van der Waals surface area contributed by atoms with E-state index in [1.807, 2.05) is 25.1 Å². The molecule has 1 aliphatic rings. The van der Waals surface area contributed by atoms with Crippen LogP contribution >= 0.6 is 11.6 Å². The number of nitrogens with zero attached hydrogens (tertiary/aromatic N) is 1. The Morgan fingerprint density at radius 1 is 1.15 bits per heavy atom. The third-order valence-electron chi connectivity index (χ3n) is 4.68. The smallest absolute Gasteiger partial charge is 0.414 e. The van der Waals surface area contributed by atoms with Crippen LogP contribution < -0.4 is 4.74 Å². The van der Waals surface area contributed by atoms with E-state index in [0.29, 0.717) is 0 Å². The SMILES string of the molecule is Cc1cc(Cl)ccc1OCCCCN(C)C1CCCCC1.O=C(O)C(=O)O. The molecule has 0 amide bonds. The zero-order chi connectivity index (χ0) is 20.2. The predicted octanol–water partition coefficient (Wildman–Crippen LogP) is 4.23. The molecular weight excluding hydrogens is 370 g/mol. The average Bonchev–Trinajstić information content (AvgIpc) is 2.64. The molecule has 152 valence electrons. The zero-order valence-corrected chi connectivity index (χ0v) is 16.9. The van der Waals surface area contributed by atoms with E-state index in [1.165, 1.54) is 45.1 Å². The number of benzene rings is 1. The number of hydrogen-bond acceptors (Lipinski definition) is 4. The van der Waals surface area contributed by atoms with Gasteiger partial charge in [0.25, 0.3) is 0 Å². The third kappa shape index (κ3) is 9.63. The van der Waals surface area contributed by atoms with Crippen LogP contribution in [0.3, 0.4) is 0 Å². The first kappa shape index (κ1) is 23.2. The summed E-state index contributed by atoms with van der Waals surface area (Å²) in [6.45, 7) is 4.02. The Hall–Kier alpha value is -1.79. The van der Waals surface area contributed by atoms with Crippen molar-refractivity contribution >= 4 is 23.5 Å². The molecule has 6 nitrogen and oxygen atoms in total. The molecule has 0 aromatic heterocycles. The lowest BCUT2D eigenvalue weighted by Gasteiger charge is -2.31. The van der Waals surface area contributed by atoms with E-state index in [9.17, 15) is 0 Å². The summed E-state index contributed by atoms with van der Waals surface area (Å²) in [5.74, 6) is -2.69. The second-order valence-electron chi connectivity index (χ2n) is 6.85. The minimum absolute atomic E-state index is 0.772. The fourth-order valence-corrected chi connectivity index (χ4v) is 3.35. The standard InChI is InChI=1S/C18H28ClNO.C2H2O4/c1-15-14-16(19)10-11-18(15)21-13-7-6-12-20(2)17-8-4-3-5-9-17;3-1(4)2(5)6/h10-11,14,17H,3-9,12-13H2,1-2H3;(H,3,4)(H,5,6). The van der Waals surface area contributed by atoms with E-state index in [1.54, 1.807) is 0 Å². The number of ether oxygens (including phenoxy) is 1. The summed E-state index contributed by atoms with van der Waals surface area (Å²) >= 11 is 5.95. The number of aliphatic carboxylic acids is 2. The monoisotopic (exact) mass is 399 g/mol. The van der Waals surface area contributed by atoms with Crippen LogP contribution in [-0.2, 0) is 9.59 Å². The molecule has 0 unspecified atom stereocenters. The first-order chi connectivity index (χ1) is 12.8. The van der Waals surface area contributed by atoms with Crippen molar-refractivity contribution in [1.29, 1.82) is 0 Å². The van der Waals surface area contributed by atoms with Crippen LogP contribution in [0.25, 0.3) is 0 Å². The lowest BCUT2D eigenvalue weighted by molar-refractivity contribution is -0.159. The number of carboxylic acid groups (broad SMARTS) is 2. The van der Waals surface area contributed by atoms with E-state index in [4.69, 9.17) is 36.1 Å². The highest BCUT2D eigenvalue weighted by atomic mass is 35.5. The second kappa shape index (κ2) is 12.6. The first-order valence-corrected chi connectivity index (χ1v) is 9.74. The summed E-state index contributed by atoms with van der Waals surface area (Å²) in [7, 11) is 2.28. The van der Waals surface area contributed by atoms with Crippen molar-refractivity contribution < 1.29 is 24.5 Å². The molecule has 1 aromatic carbocycles. The van der Waals surface area contributed by atoms with Crippen molar-refractivity contribution in [2.24, 2.45) is 0 Å². The van der Waals surface area contributed by atoms with Gasteiger partial charge in [-0.1, -0.05) is 30.9 Å². The van der Waals surface area contributed by atoms with Gasteiger partial charge in [-0.3, -0.25) is 0 Å². The summed E-state index contributed by atoms with van der Waals surface area (Å²) in [6.07, 6.45) is 9.34. The lowest BCUT2D eigenvalue weighted by Crippen LogP contribution is -2.34. The highest BCUT2D eigenvalue weighted by Crippen LogP contribution is 2.23. The van der Waals surface area contributed by atoms with E-state index in [2.05, 4.69) is 11.9 Å². The molecule has 27 heavy (non-hydrogen) atoms. The van der Waals surface area contributed by atoms with Crippen LogP contribution in [0.5, 0.6) is 5.75 Å². The Labute approximate surface area is 166 Å². The molecule has 0 saturated heterocycles. The molecule has 1 aliphatic carbocycles. The summed E-state index contributed by atoms with van der Waals surface area (Å²) < 4.78 is 5.84. The number of carbonyl (C=O) groups is 2. The molecule has 0 aliphatic heterocycles. The molecule has 0 radical (unpaired) electrons. The Kier molecular flexibility index (Phi) is 10.8. The van der Waals surface area contributed by atoms with Crippen molar-refractivity contribution in [2.45, 2.75) is 57.9 Å². The van der Waals surface area contributed by atoms with Gasteiger partial charge >= 0.3 is 11.9 Å². The summed E-state index contributed by atoms with van der Waals surface area (Å²) in [5, 5.41) is 15.6. The highest BCUT2D eigenvalue weighted by molar-refractivity contribution is 6.30. The molecule has 0 heterocycles. The summed E-state index contributed by atoms with van der Waals surface area (Å²) in [5.41, 5.74) is 1.11. The van der Waals surface area contributed by atoms with Crippen LogP contribution in [0.15, 0.2) is 18.2 Å². The van der Waals surface area contributed by atoms with E-state index in [-0.39, 0.29) is 0 Å². The van der Waals surface area contributed by atoms with Crippen molar-refractivity contribution in [3.05, 3.63) is 28.8 Å². The van der Waals surface area contributed by atoms with Crippen molar-refractivity contribution in [1.82, 2.24) is 4.90 Å². The van der Waals surface area contributed by atoms with Gasteiger partial charge in [0, 0.05) is 11.1 Å². The van der Waals surface area contributed by atoms with Crippen LogP contribution in [0, 0.1) is 6.92 Å². The predicted molar refractivity (Wildman–Crippen MR) is 106 cm³/mol. The maximum absolute atomic E-state index is 9.10. The van der Waals surface area contributed by atoms with E-state index in [0.717, 1.165) is 35.4 Å². The number of rotatable bonds is 7. The Morgan fingerprint density at radius 2 is 1.78 bits per heavy atom. The summed E-state index contributed by atoms with van der Waals surface area (Å²) in [4.78, 5) is 20.7. The van der Waals surface area contributed by atoms with Gasteiger partial charge in [0.05, 0.1) is 6.61 Å². The minimum Gasteiger partial charge on any atom is -0.493 e. The minimum atomic E-state index is -1.82. The van der Waals surface area contributed by atoms with Gasteiger partial charge in [0.15, 0.2) is 0 Å². The molecule has 1 fully saturated rings. The van der Waals surface area contributed by atoms with E-state index < -0.39 is 11.9 Å². The number of unbranched alkanes of at least 4 members (excludes halogenated alkanes) is 1. The van der Waals surface area contributed by atoms with Gasteiger partial charge < -0.3 is 19.8 Å². The average molecular weight is 400 g/mol. The molecule has 0 spiro atoms. The molecule has 1 saturated carbocycles. The maximum Gasteiger partial charge on any atom is 0.414 e. The lowest BCUT2D eigenvalue weighted by atomic mass is 9.94. The first-order valence-electron chi connectivity index (χ1n) is 9.36. The van der Waals surface area contributed by atoms with Crippen molar-refractivity contribution in [3.63, 3.8) is 0 Å². The molecule has 0 atom stereocenters. The van der Waals surface area contributed by atoms with Gasteiger partial charge in [0.2, 0.25) is 0 Å². The number of aryl methyl sites for hydroxylation is 1. The second-order valence-corrected chi connectivity index (χ2v) is 7.28. The number of halogens is 1. The van der Waals surface area contributed by atoms with E-state index >= 15 is 0 Å². The molecule has 0 bridgehead atoms. The molecule has 7 heteroatoms. The topological polar surface area (TPSA) is 87.1 Å². The van der Waals surface area contributed by atoms with Gasteiger partial charge in [0.1, 0.15) is 5.75 Å². The van der Waals surface area contributed by atoms with Gasteiger partial charge in [-0.25, -0.2) is 9.59 Å². The van der Waals surface area contributed by atoms with Crippen LogP contribution in [0.4, 0.5) is 0 Å². The molecule has 2 rings (SSSR count). The van der Waals surface area contributed by atoms with Crippen LogP contribution in [-0.4, -0.2) is 53.3 Å². The Bertz CT molecular complexity index is 590. The molecule has 2 N–H and O–H groups in total. The normalized spacial score (nSPS) is 14.4. The maximum atomic E-state index is 9.10. The third-order valence-corrected chi connectivity index (χ3v) is 4.92. The largest absolute Gasteiger partial charge is 0.493 e. The zero-order valence-electron chi connectivity index (χ0n) is 16.1. The van der Waals surface area contributed by atoms with Gasteiger partial charge in [-0.05, 0) is 70.0 Å². The fourth-order valence-electron chi connectivity index (χ4n) is 3.12. The summed E-state index contributed by atoms with van der Waals surface area (Å²) in [6, 6.07) is 6.62. The Morgan fingerprint density at radius 3 is 2.33 bits per heavy atom. The molecule has 1 aromatic rings. The molecular formula is C20H30ClNO5. The van der Waals surface area contributed by atoms with Gasteiger partial charge in [-0.15, -0.1) is 0 Å². The van der Waals surface area contributed by atoms with Gasteiger partial charge in [-0.2, -0.15) is 0 Å². The fraction of sp³-hybridized carbons (Fsp3) is 0.600. The number of hydrogen-bond donors (Lipinski definition) is 2. The number of carboxylic acids is 2. The van der Waals surface area contributed by atoms with Crippen molar-refractivity contribution in [2.75, 3.05) is 20.2 Å². The van der Waals surface area contributed by atoms with Crippen molar-refractivity contribution in [3.8, 4) is 5.75 Å². The quantitative estimate of drug-likeness (QED) is 0.527.